The van der Waals surface area contributed by atoms with Crippen molar-refractivity contribution in [3.8, 4) is 0 Å². The van der Waals surface area contributed by atoms with Crippen molar-refractivity contribution in [2.24, 2.45) is 5.92 Å². The normalized spacial score (nSPS) is 15.9. The maximum Gasteiger partial charge on any atom is 0.274 e. The van der Waals surface area contributed by atoms with Crippen LogP contribution in [0.4, 0.5) is 0 Å². The Balaban J connectivity index is 1.80. The predicted molar refractivity (Wildman–Crippen MR) is 70.9 cm³/mol. The maximum atomic E-state index is 12.2. The van der Waals surface area contributed by atoms with Gasteiger partial charge in [-0.2, -0.15) is 0 Å². The molecule has 2 aromatic heterocycles. The van der Waals surface area contributed by atoms with E-state index in [4.69, 9.17) is 4.52 Å². The fraction of sp³-hybridized carbons (Fsp3) is 0.429. The Hall–Kier alpha value is -2.24. The SMILES string of the molecule is Cc1ccnc(C(NC(=O)c2cc(C)on2)C2CC2)n1. The van der Waals surface area contributed by atoms with Crippen LogP contribution < -0.4 is 5.32 Å². The van der Waals surface area contributed by atoms with Crippen molar-refractivity contribution in [3.05, 3.63) is 41.3 Å². The zero-order valence-electron chi connectivity index (χ0n) is 11.5. The lowest BCUT2D eigenvalue weighted by molar-refractivity contribution is 0.0920. The van der Waals surface area contributed by atoms with Gasteiger partial charge in [-0.05, 0) is 38.7 Å². The van der Waals surface area contributed by atoms with Crippen LogP contribution in [0.25, 0.3) is 0 Å². The molecule has 1 aliphatic carbocycles. The molecule has 0 aromatic carbocycles. The average molecular weight is 272 g/mol. The van der Waals surface area contributed by atoms with Crippen molar-refractivity contribution < 1.29 is 9.32 Å². The first-order valence-electron chi connectivity index (χ1n) is 6.67. The molecule has 104 valence electrons. The summed E-state index contributed by atoms with van der Waals surface area (Å²) in [6.45, 7) is 3.67. The van der Waals surface area contributed by atoms with Gasteiger partial charge in [-0.15, -0.1) is 0 Å². The number of rotatable bonds is 4. The predicted octanol–water partition coefficient (Wildman–Crippen LogP) is 1.96. The molecule has 0 bridgehead atoms. The van der Waals surface area contributed by atoms with Crippen molar-refractivity contribution in [3.63, 3.8) is 0 Å². The maximum absolute atomic E-state index is 12.2. The molecule has 1 atom stereocenters. The van der Waals surface area contributed by atoms with E-state index < -0.39 is 0 Å². The van der Waals surface area contributed by atoms with Crippen LogP contribution in [0.3, 0.4) is 0 Å². The van der Waals surface area contributed by atoms with Crippen molar-refractivity contribution in [1.82, 2.24) is 20.4 Å². The first kappa shape index (κ1) is 12.8. The number of carbonyl (C=O) groups excluding carboxylic acids is 1. The minimum atomic E-state index is -0.246. The van der Waals surface area contributed by atoms with Gasteiger partial charge in [0.05, 0.1) is 6.04 Å². The summed E-state index contributed by atoms with van der Waals surface area (Å²) in [5.74, 6) is 1.45. The summed E-state index contributed by atoms with van der Waals surface area (Å²) in [7, 11) is 0. The van der Waals surface area contributed by atoms with Gasteiger partial charge >= 0.3 is 0 Å². The number of aromatic nitrogens is 3. The van der Waals surface area contributed by atoms with Gasteiger partial charge in [-0.25, -0.2) is 9.97 Å². The molecule has 0 saturated heterocycles. The fourth-order valence-corrected chi connectivity index (χ4v) is 2.13. The van der Waals surface area contributed by atoms with E-state index in [1.807, 2.05) is 13.0 Å². The van der Waals surface area contributed by atoms with Gasteiger partial charge in [0.15, 0.2) is 11.5 Å². The average Bonchev–Trinajstić information content (AvgIpc) is 3.17. The van der Waals surface area contributed by atoms with Gasteiger partial charge in [0.2, 0.25) is 0 Å². The lowest BCUT2D eigenvalue weighted by Crippen LogP contribution is -2.31. The molecule has 6 heteroatoms. The zero-order chi connectivity index (χ0) is 14.1. The minimum Gasteiger partial charge on any atom is -0.361 e. The molecule has 0 aliphatic heterocycles. The Morgan fingerprint density at radius 2 is 2.25 bits per heavy atom. The largest absolute Gasteiger partial charge is 0.361 e. The van der Waals surface area contributed by atoms with E-state index in [0.717, 1.165) is 18.5 Å². The molecule has 2 heterocycles. The highest BCUT2D eigenvalue weighted by molar-refractivity contribution is 5.92. The summed E-state index contributed by atoms with van der Waals surface area (Å²) in [5.41, 5.74) is 1.19. The van der Waals surface area contributed by atoms with Crippen LogP contribution in [-0.2, 0) is 0 Å². The van der Waals surface area contributed by atoms with Gasteiger partial charge in [-0.3, -0.25) is 4.79 Å². The number of amides is 1. The first-order chi connectivity index (χ1) is 9.63. The Labute approximate surface area is 116 Å². The number of nitrogens with one attached hydrogen (secondary N) is 1. The fourth-order valence-electron chi connectivity index (χ4n) is 2.13. The van der Waals surface area contributed by atoms with Crippen LogP contribution >= 0.6 is 0 Å². The summed E-state index contributed by atoms with van der Waals surface area (Å²) in [6, 6.07) is 3.31. The van der Waals surface area contributed by atoms with Crippen molar-refractivity contribution in [2.45, 2.75) is 32.7 Å². The summed E-state index contributed by atoms with van der Waals surface area (Å²) in [6.07, 6.45) is 3.89. The van der Waals surface area contributed by atoms with Crippen molar-refractivity contribution in [2.75, 3.05) is 0 Å². The smallest absolute Gasteiger partial charge is 0.274 e. The van der Waals surface area contributed by atoms with E-state index in [2.05, 4.69) is 20.4 Å². The van der Waals surface area contributed by atoms with Crippen LogP contribution in [-0.4, -0.2) is 21.0 Å². The number of nitrogens with zero attached hydrogens (tertiary/aromatic N) is 3. The van der Waals surface area contributed by atoms with E-state index in [1.54, 1.807) is 19.2 Å². The second-order valence-corrected chi connectivity index (χ2v) is 5.17. The first-order valence-corrected chi connectivity index (χ1v) is 6.67. The topological polar surface area (TPSA) is 80.9 Å². The highest BCUT2D eigenvalue weighted by Crippen LogP contribution is 2.40. The summed E-state index contributed by atoms with van der Waals surface area (Å²) in [4.78, 5) is 20.9. The molecule has 1 amide bonds. The molecule has 1 fully saturated rings. The van der Waals surface area contributed by atoms with Crippen LogP contribution in [0, 0.1) is 19.8 Å². The van der Waals surface area contributed by atoms with Crippen LogP contribution in [0.15, 0.2) is 22.9 Å². The third-order valence-electron chi connectivity index (χ3n) is 3.33. The Morgan fingerprint density at radius 3 is 2.85 bits per heavy atom. The van der Waals surface area contributed by atoms with Gasteiger partial charge in [-0.1, -0.05) is 5.16 Å². The third-order valence-corrected chi connectivity index (χ3v) is 3.33. The second-order valence-electron chi connectivity index (χ2n) is 5.17. The lowest BCUT2D eigenvalue weighted by atomic mass is 10.1. The molecule has 3 rings (SSSR count). The van der Waals surface area contributed by atoms with Gasteiger partial charge in [0.25, 0.3) is 5.91 Å². The van der Waals surface area contributed by atoms with E-state index in [0.29, 0.717) is 23.2 Å². The highest BCUT2D eigenvalue weighted by Gasteiger charge is 2.35. The number of carbonyl (C=O) groups is 1. The summed E-state index contributed by atoms with van der Waals surface area (Å²) < 4.78 is 4.93. The van der Waals surface area contributed by atoms with E-state index in [9.17, 15) is 4.79 Å². The Morgan fingerprint density at radius 1 is 1.45 bits per heavy atom. The monoisotopic (exact) mass is 272 g/mol. The molecule has 0 radical (unpaired) electrons. The number of hydrogen-bond donors (Lipinski definition) is 1. The second kappa shape index (κ2) is 5.03. The molecular weight excluding hydrogens is 256 g/mol. The van der Waals surface area contributed by atoms with Gasteiger partial charge in [0, 0.05) is 18.0 Å². The Bertz CT molecular complexity index is 634. The van der Waals surface area contributed by atoms with Crippen LogP contribution in [0.5, 0.6) is 0 Å². The molecule has 6 nitrogen and oxygen atoms in total. The number of hydrogen-bond acceptors (Lipinski definition) is 5. The summed E-state index contributed by atoms with van der Waals surface area (Å²) >= 11 is 0. The van der Waals surface area contributed by atoms with Crippen LogP contribution in [0.1, 0.15) is 46.7 Å². The van der Waals surface area contributed by atoms with Crippen LogP contribution in [0.2, 0.25) is 0 Å². The van der Waals surface area contributed by atoms with E-state index in [-0.39, 0.29) is 11.9 Å². The van der Waals surface area contributed by atoms with Gasteiger partial charge < -0.3 is 9.84 Å². The molecule has 0 spiro atoms. The molecular formula is C14H16N4O2. The Kier molecular flexibility index (Phi) is 3.22. The highest BCUT2D eigenvalue weighted by atomic mass is 16.5. The molecule has 1 unspecified atom stereocenters. The zero-order valence-corrected chi connectivity index (χ0v) is 11.5. The summed E-state index contributed by atoms with van der Waals surface area (Å²) in [5, 5.41) is 6.70. The number of aryl methyl sites for hydroxylation is 2. The van der Waals surface area contributed by atoms with Gasteiger partial charge in [0.1, 0.15) is 5.76 Å². The minimum absolute atomic E-state index is 0.153. The van der Waals surface area contributed by atoms with E-state index >= 15 is 0 Å². The lowest BCUT2D eigenvalue weighted by Gasteiger charge is -2.16. The van der Waals surface area contributed by atoms with E-state index in [1.165, 1.54) is 0 Å². The molecule has 1 aliphatic rings. The third kappa shape index (κ3) is 2.68. The standard InChI is InChI=1S/C14H16N4O2/c1-8-5-6-15-13(16-8)12(10-3-4-10)17-14(19)11-7-9(2)20-18-11/h5-7,10,12H,3-4H2,1-2H3,(H,17,19). The molecule has 20 heavy (non-hydrogen) atoms. The molecule has 1 N–H and O–H groups in total. The van der Waals surface area contributed by atoms with Crippen molar-refractivity contribution >= 4 is 5.91 Å². The van der Waals surface area contributed by atoms with Crippen molar-refractivity contribution in [1.29, 1.82) is 0 Å². The molecule has 2 aromatic rings. The molecule has 1 saturated carbocycles. The quantitative estimate of drug-likeness (QED) is 0.920.